The summed E-state index contributed by atoms with van der Waals surface area (Å²) in [6.07, 6.45) is 2.54. The van der Waals surface area contributed by atoms with Crippen LogP contribution in [0.5, 0.6) is 5.75 Å². The number of carbonyl (C=O) groups is 2. The Hall–Kier alpha value is -1.89. The Bertz CT molecular complexity index is 776. The zero-order chi connectivity index (χ0) is 16.8. The van der Waals surface area contributed by atoms with Crippen LogP contribution in [-0.2, 0) is 14.6 Å². The maximum absolute atomic E-state index is 12.5. The van der Waals surface area contributed by atoms with Crippen LogP contribution in [0.25, 0.3) is 0 Å². The van der Waals surface area contributed by atoms with E-state index >= 15 is 0 Å². The fourth-order valence-corrected chi connectivity index (χ4v) is 3.86. The number of piperidine rings is 1. The van der Waals surface area contributed by atoms with Crippen LogP contribution >= 0.6 is 0 Å². The van der Waals surface area contributed by atoms with E-state index in [0.717, 1.165) is 6.26 Å². The number of hydrogen-bond acceptors (Lipinski definition) is 5. The third-order valence-electron chi connectivity index (χ3n) is 4.61. The predicted octanol–water partition coefficient (Wildman–Crippen LogP) is 1.44. The zero-order valence-corrected chi connectivity index (χ0v) is 14.0. The van der Waals surface area contributed by atoms with Crippen molar-refractivity contribution in [1.29, 1.82) is 0 Å². The van der Waals surface area contributed by atoms with E-state index in [4.69, 9.17) is 4.74 Å². The molecule has 2 aliphatic heterocycles. The second kappa shape index (κ2) is 5.33. The summed E-state index contributed by atoms with van der Waals surface area (Å²) in [6.45, 7) is 2.67. The number of ketones is 1. The smallest absolute Gasteiger partial charge is 0.219 e. The molecule has 1 fully saturated rings. The van der Waals surface area contributed by atoms with E-state index in [0.29, 0.717) is 37.2 Å². The first kappa shape index (κ1) is 16.0. The summed E-state index contributed by atoms with van der Waals surface area (Å²) in [7, 11) is -3.36. The summed E-state index contributed by atoms with van der Waals surface area (Å²) >= 11 is 0. The van der Waals surface area contributed by atoms with Gasteiger partial charge in [0.25, 0.3) is 0 Å². The van der Waals surface area contributed by atoms with E-state index in [1.165, 1.54) is 19.1 Å². The summed E-state index contributed by atoms with van der Waals surface area (Å²) in [4.78, 5) is 25.8. The normalized spacial score (nSPS) is 20.1. The summed E-state index contributed by atoms with van der Waals surface area (Å²) in [5, 5.41) is 0. The molecule has 0 saturated carbocycles. The van der Waals surface area contributed by atoms with Gasteiger partial charge in [-0.25, -0.2) is 8.42 Å². The van der Waals surface area contributed by atoms with Gasteiger partial charge in [0.05, 0.1) is 16.9 Å². The SMILES string of the molecule is CC(=O)N1CCC2(CC1)CC(=O)c1cc(S(C)(=O)=O)ccc1O2. The predicted molar refractivity (Wildman–Crippen MR) is 83.3 cm³/mol. The Morgan fingerprint density at radius 1 is 1.26 bits per heavy atom. The molecule has 3 rings (SSSR count). The summed E-state index contributed by atoms with van der Waals surface area (Å²) in [6, 6.07) is 4.41. The highest BCUT2D eigenvalue weighted by Crippen LogP contribution is 2.40. The van der Waals surface area contributed by atoms with Gasteiger partial charge in [0.15, 0.2) is 15.6 Å². The van der Waals surface area contributed by atoms with Gasteiger partial charge < -0.3 is 9.64 Å². The molecule has 1 spiro atoms. The van der Waals surface area contributed by atoms with Crippen molar-refractivity contribution < 1.29 is 22.7 Å². The molecule has 23 heavy (non-hydrogen) atoms. The number of likely N-dealkylation sites (tertiary alicyclic amines) is 1. The third kappa shape index (κ3) is 2.97. The van der Waals surface area contributed by atoms with Crippen molar-refractivity contribution >= 4 is 21.5 Å². The number of ether oxygens (including phenoxy) is 1. The van der Waals surface area contributed by atoms with E-state index in [-0.39, 0.29) is 23.0 Å². The van der Waals surface area contributed by atoms with Crippen LogP contribution in [-0.4, -0.2) is 50.0 Å². The third-order valence-corrected chi connectivity index (χ3v) is 5.72. The van der Waals surface area contributed by atoms with Crippen LogP contribution in [0, 0.1) is 0 Å². The monoisotopic (exact) mass is 337 g/mol. The highest BCUT2D eigenvalue weighted by atomic mass is 32.2. The topological polar surface area (TPSA) is 80.8 Å². The Morgan fingerprint density at radius 3 is 2.48 bits per heavy atom. The van der Waals surface area contributed by atoms with Gasteiger partial charge in [0.1, 0.15) is 11.4 Å². The van der Waals surface area contributed by atoms with Crippen molar-refractivity contribution in [3.05, 3.63) is 23.8 Å². The van der Waals surface area contributed by atoms with Crippen LogP contribution in [0.2, 0.25) is 0 Å². The molecular formula is C16H19NO5S. The molecular weight excluding hydrogens is 318 g/mol. The molecule has 0 radical (unpaired) electrons. The molecule has 1 aromatic rings. The summed E-state index contributed by atoms with van der Waals surface area (Å²) < 4.78 is 29.3. The molecule has 0 N–H and O–H groups in total. The standard InChI is InChI=1S/C16H19NO5S/c1-11(18)17-7-5-16(6-8-17)10-14(19)13-9-12(23(2,20)21)3-4-15(13)22-16/h3-4,9H,5-8,10H2,1-2H3. The second-order valence-corrected chi connectivity index (χ2v) is 8.34. The summed E-state index contributed by atoms with van der Waals surface area (Å²) in [5.74, 6) is 0.359. The van der Waals surface area contributed by atoms with E-state index in [1.54, 1.807) is 11.0 Å². The molecule has 1 aromatic carbocycles. The Labute approximate surface area is 135 Å². The number of rotatable bonds is 1. The fraction of sp³-hybridized carbons (Fsp3) is 0.500. The van der Waals surface area contributed by atoms with Crippen LogP contribution in [0.1, 0.15) is 36.5 Å². The quantitative estimate of drug-likeness (QED) is 0.774. The fourth-order valence-electron chi connectivity index (χ4n) is 3.21. The number of amides is 1. The molecule has 2 heterocycles. The van der Waals surface area contributed by atoms with Gasteiger partial charge in [-0.05, 0) is 18.2 Å². The van der Waals surface area contributed by atoms with Crippen LogP contribution in [0.15, 0.2) is 23.1 Å². The van der Waals surface area contributed by atoms with Crippen molar-refractivity contribution in [3.8, 4) is 5.75 Å². The lowest BCUT2D eigenvalue weighted by Gasteiger charge is -2.43. The van der Waals surface area contributed by atoms with Crippen molar-refractivity contribution in [2.24, 2.45) is 0 Å². The van der Waals surface area contributed by atoms with Crippen molar-refractivity contribution in [1.82, 2.24) is 4.90 Å². The average molecular weight is 337 g/mol. The van der Waals surface area contributed by atoms with Gasteiger partial charge in [-0.15, -0.1) is 0 Å². The number of benzene rings is 1. The highest BCUT2D eigenvalue weighted by Gasteiger charge is 2.43. The maximum atomic E-state index is 12.5. The molecule has 2 aliphatic rings. The number of fused-ring (bicyclic) bond motifs is 1. The highest BCUT2D eigenvalue weighted by molar-refractivity contribution is 7.90. The van der Waals surface area contributed by atoms with E-state index in [2.05, 4.69) is 0 Å². The first-order valence-electron chi connectivity index (χ1n) is 7.52. The molecule has 0 aliphatic carbocycles. The lowest BCUT2D eigenvalue weighted by molar-refractivity contribution is -0.132. The molecule has 0 bridgehead atoms. The van der Waals surface area contributed by atoms with E-state index in [9.17, 15) is 18.0 Å². The van der Waals surface area contributed by atoms with Gasteiger partial charge in [-0.2, -0.15) is 0 Å². The zero-order valence-electron chi connectivity index (χ0n) is 13.2. The lowest BCUT2D eigenvalue weighted by Crippen LogP contribution is -2.51. The molecule has 1 amide bonds. The van der Waals surface area contributed by atoms with Crippen molar-refractivity contribution in [2.75, 3.05) is 19.3 Å². The molecule has 0 aromatic heterocycles. The largest absolute Gasteiger partial charge is 0.486 e. The Balaban J connectivity index is 1.88. The average Bonchev–Trinajstić information content (AvgIpc) is 2.46. The molecule has 7 heteroatoms. The number of nitrogens with zero attached hydrogens (tertiary/aromatic N) is 1. The minimum absolute atomic E-state index is 0.0279. The van der Waals surface area contributed by atoms with Crippen molar-refractivity contribution in [2.45, 2.75) is 36.7 Å². The van der Waals surface area contributed by atoms with Gasteiger partial charge in [-0.1, -0.05) is 0 Å². The Kier molecular flexibility index (Phi) is 3.71. The Morgan fingerprint density at radius 2 is 1.91 bits per heavy atom. The van der Waals surface area contributed by atoms with Gasteiger partial charge >= 0.3 is 0 Å². The second-order valence-electron chi connectivity index (χ2n) is 6.32. The van der Waals surface area contributed by atoms with Crippen LogP contribution < -0.4 is 4.74 Å². The van der Waals surface area contributed by atoms with Crippen LogP contribution in [0.4, 0.5) is 0 Å². The number of sulfone groups is 1. The van der Waals surface area contributed by atoms with Gasteiger partial charge in [0.2, 0.25) is 5.91 Å². The first-order valence-corrected chi connectivity index (χ1v) is 9.41. The molecule has 0 atom stereocenters. The minimum Gasteiger partial charge on any atom is -0.486 e. The van der Waals surface area contributed by atoms with Gasteiger partial charge in [0, 0.05) is 39.1 Å². The van der Waals surface area contributed by atoms with E-state index < -0.39 is 15.4 Å². The summed E-state index contributed by atoms with van der Waals surface area (Å²) in [5.41, 5.74) is -0.254. The number of hydrogen-bond donors (Lipinski definition) is 0. The first-order chi connectivity index (χ1) is 10.7. The molecule has 0 unspecified atom stereocenters. The lowest BCUT2D eigenvalue weighted by atomic mass is 9.82. The minimum atomic E-state index is -3.36. The van der Waals surface area contributed by atoms with Crippen molar-refractivity contribution in [3.63, 3.8) is 0 Å². The molecule has 124 valence electrons. The number of carbonyl (C=O) groups excluding carboxylic acids is 2. The van der Waals surface area contributed by atoms with E-state index in [1.807, 2.05) is 0 Å². The molecule has 1 saturated heterocycles. The molecule has 6 nitrogen and oxygen atoms in total. The van der Waals surface area contributed by atoms with Crippen LogP contribution in [0.3, 0.4) is 0 Å². The van der Waals surface area contributed by atoms with Gasteiger partial charge in [-0.3, -0.25) is 9.59 Å². The maximum Gasteiger partial charge on any atom is 0.219 e. The number of Topliss-reactive ketones (excluding diaryl/α,β-unsaturated/α-hetero) is 1.